The van der Waals surface area contributed by atoms with Gasteiger partial charge in [0, 0.05) is 13.6 Å². The molecule has 214 valence electrons. The molecule has 1 aliphatic rings. The number of amides is 3. The van der Waals surface area contributed by atoms with Crippen molar-refractivity contribution in [1.29, 1.82) is 0 Å². The van der Waals surface area contributed by atoms with Crippen LogP contribution < -0.4 is 10.1 Å². The van der Waals surface area contributed by atoms with E-state index in [1.165, 1.54) is 0 Å². The van der Waals surface area contributed by atoms with Crippen molar-refractivity contribution in [2.75, 3.05) is 13.7 Å². The van der Waals surface area contributed by atoms with Crippen molar-refractivity contribution in [3.05, 3.63) is 114 Å². The molecular formula is C35H34N2O4S. The summed E-state index contributed by atoms with van der Waals surface area (Å²) in [4.78, 5) is 38.1. The summed E-state index contributed by atoms with van der Waals surface area (Å²) in [6.07, 6.45) is 1.83. The Balaban J connectivity index is 1.16. The zero-order chi connectivity index (χ0) is 29.5. The van der Waals surface area contributed by atoms with Gasteiger partial charge in [-0.15, -0.1) is 0 Å². The Morgan fingerprint density at radius 1 is 0.810 bits per heavy atom. The van der Waals surface area contributed by atoms with Gasteiger partial charge in [-0.3, -0.25) is 19.7 Å². The van der Waals surface area contributed by atoms with Crippen molar-refractivity contribution in [3.63, 3.8) is 0 Å². The molecule has 0 spiro atoms. The zero-order valence-electron chi connectivity index (χ0n) is 23.8. The summed E-state index contributed by atoms with van der Waals surface area (Å²) in [5.41, 5.74) is 7.35. The number of carbonyl (C=O) groups excluding carboxylic acids is 3. The van der Waals surface area contributed by atoms with Crippen molar-refractivity contribution in [2.24, 2.45) is 0 Å². The predicted molar refractivity (Wildman–Crippen MR) is 168 cm³/mol. The smallest absolute Gasteiger partial charge is 0.286 e. The fraction of sp³-hybridized carbons (Fsp3) is 0.229. The molecule has 1 N–H and O–H groups in total. The maximum Gasteiger partial charge on any atom is 0.286 e. The van der Waals surface area contributed by atoms with Gasteiger partial charge in [0.25, 0.3) is 5.24 Å². The van der Waals surface area contributed by atoms with Crippen LogP contribution in [-0.2, 0) is 29.0 Å². The Labute approximate surface area is 251 Å². The molecule has 42 heavy (non-hydrogen) atoms. The standard InChI is InChI=1S/C35H34N2O4S/c1-3-19-41-31-17-15-28(16-18-31)27-11-9-25(10-12-27)22-33(38)37(2)23-26-5-4-6-30(20-26)29-13-7-24(8-14-29)21-32-34(39)36-35(40)42-32/h4-18,20,32H,3,19,21-23H2,1-2H3,(H,36,39,40). The van der Waals surface area contributed by atoms with Gasteiger partial charge < -0.3 is 9.64 Å². The topological polar surface area (TPSA) is 75.7 Å². The van der Waals surface area contributed by atoms with E-state index in [9.17, 15) is 14.4 Å². The van der Waals surface area contributed by atoms with Gasteiger partial charge in [0.1, 0.15) is 5.75 Å². The molecule has 0 radical (unpaired) electrons. The van der Waals surface area contributed by atoms with E-state index in [-0.39, 0.29) is 22.3 Å². The van der Waals surface area contributed by atoms with Gasteiger partial charge in [-0.05, 0) is 70.0 Å². The maximum absolute atomic E-state index is 13.0. The normalized spacial score (nSPS) is 14.5. The number of ether oxygens (including phenoxy) is 1. The molecule has 1 unspecified atom stereocenters. The first kappa shape index (κ1) is 29.1. The maximum atomic E-state index is 13.0. The van der Waals surface area contributed by atoms with E-state index in [2.05, 4.69) is 42.6 Å². The van der Waals surface area contributed by atoms with Gasteiger partial charge in [0.15, 0.2) is 0 Å². The van der Waals surface area contributed by atoms with Crippen LogP contribution in [0.25, 0.3) is 22.3 Å². The molecule has 7 heteroatoms. The third-order valence-electron chi connectivity index (χ3n) is 7.22. The molecule has 1 aliphatic heterocycles. The Morgan fingerprint density at radius 3 is 2.05 bits per heavy atom. The van der Waals surface area contributed by atoms with E-state index in [1.54, 1.807) is 4.90 Å². The van der Waals surface area contributed by atoms with Crippen LogP contribution in [0.2, 0.25) is 0 Å². The van der Waals surface area contributed by atoms with Crippen LogP contribution in [0.1, 0.15) is 30.0 Å². The number of carbonyl (C=O) groups is 3. The van der Waals surface area contributed by atoms with Crippen molar-refractivity contribution >= 4 is 28.8 Å². The van der Waals surface area contributed by atoms with Crippen molar-refractivity contribution in [2.45, 2.75) is 38.0 Å². The quantitative estimate of drug-likeness (QED) is 0.209. The van der Waals surface area contributed by atoms with Crippen LogP contribution in [0.4, 0.5) is 4.79 Å². The van der Waals surface area contributed by atoms with Gasteiger partial charge in [-0.25, -0.2) is 0 Å². The molecule has 0 aliphatic carbocycles. The molecule has 4 aromatic rings. The highest BCUT2D eigenvalue weighted by Crippen LogP contribution is 2.26. The van der Waals surface area contributed by atoms with Gasteiger partial charge in [-0.1, -0.05) is 97.5 Å². The third kappa shape index (κ3) is 7.47. The number of likely N-dealkylation sites (N-methyl/N-ethyl adjacent to an activating group) is 1. The van der Waals surface area contributed by atoms with Crippen LogP contribution in [0.5, 0.6) is 5.75 Å². The molecule has 0 saturated carbocycles. The second kappa shape index (κ2) is 13.5. The predicted octanol–water partition coefficient (Wildman–Crippen LogP) is 6.90. The first-order chi connectivity index (χ1) is 20.4. The van der Waals surface area contributed by atoms with E-state index in [0.29, 0.717) is 26.0 Å². The first-order valence-corrected chi connectivity index (χ1v) is 15.0. The van der Waals surface area contributed by atoms with Crippen LogP contribution in [0.15, 0.2) is 97.1 Å². The lowest BCUT2D eigenvalue weighted by molar-refractivity contribution is -0.129. The Morgan fingerprint density at radius 2 is 1.43 bits per heavy atom. The van der Waals surface area contributed by atoms with E-state index in [4.69, 9.17) is 4.74 Å². The number of thioether (sulfide) groups is 1. The Hall–Kier alpha value is -4.36. The third-order valence-corrected chi connectivity index (χ3v) is 8.20. The number of nitrogens with one attached hydrogen (secondary N) is 1. The molecule has 1 saturated heterocycles. The van der Waals surface area contributed by atoms with E-state index in [1.807, 2.05) is 73.8 Å². The number of imide groups is 1. The van der Waals surface area contributed by atoms with Gasteiger partial charge >= 0.3 is 0 Å². The average Bonchev–Trinajstić information content (AvgIpc) is 3.33. The SMILES string of the molecule is CCCOc1ccc(-c2ccc(CC(=O)N(C)Cc3cccc(-c4ccc(CC5SC(=O)NC5=O)cc4)c3)cc2)cc1. The second-order valence-electron chi connectivity index (χ2n) is 10.5. The molecule has 0 aromatic heterocycles. The Bertz CT molecular complexity index is 1550. The molecule has 5 rings (SSSR count). The minimum Gasteiger partial charge on any atom is -0.494 e. The zero-order valence-corrected chi connectivity index (χ0v) is 24.7. The molecule has 1 fully saturated rings. The summed E-state index contributed by atoms with van der Waals surface area (Å²) >= 11 is 1.05. The van der Waals surface area contributed by atoms with E-state index < -0.39 is 0 Å². The van der Waals surface area contributed by atoms with Crippen LogP contribution in [-0.4, -0.2) is 40.9 Å². The van der Waals surface area contributed by atoms with Crippen LogP contribution in [0, 0.1) is 0 Å². The highest BCUT2D eigenvalue weighted by molar-refractivity contribution is 8.15. The van der Waals surface area contributed by atoms with Gasteiger partial charge in [0.05, 0.1) is 18.3 Å². The number of nitrogens with zero attached hydrogens (tertiary/aromatic N) is 1. The summed E-state index contributed by atoms with van der Waals surface area (Å²) in [5.74, 6) is 0.707. The van der Waals surface area contributed by atoms with E-state index in [0.717, 1.165) is 62.9 Å². The molecule has 6 nitrogen and oxygen atoms in total. The number of hydrogen-bond donors (Lipinski definition) is 1. The molecule has 4 aromatic carbocycles. The van der Waals surface area contributed by atoms with Crippen molar-refractivity contribution in [3.8, 4) is 28.0 Å². The Kier molecular flexibility index (Phi) is 9.39. The highest BCUT2D eigenvalue weighted by Gasteiger charge is 2.31. The van der Waals surface area contributed by atoms with Gasteiger partial charge in [0.2, 0.25) is 11.8 Å². The number of hydrogen-bond acceptors (Lipinski definition) is 5. The van der Waals surface area contributed by atoms with Crippen LogP contribution in [0.3, 0.4) is 0 Å². The largest absolute Gasteiger partial charge is 0.494 e. The lowest BCUT2D eigenvalue weighted by Crippen LogP contribution is -2.27. The summed E-state index contributed by atoms with van der Waals surface area (Å²) in [6, 6.07) is 32.5. The monoisotopic (exact) mass is 578 g/mol. The first-order valence-electron chi connectivity index (χ1n) is 14.1. The fourth-order valence-corrected chi connectivity index (χ4v) is 5.73. The van der Waals surface area contributed by atoms with Crippen molar-refractivity contribution in [1.82, 2.24) is 10.2 Å². The molecule has 1 atom stereocenters. The number of rotatable bonds is 11. The molecule has 3 amide bonds. The average molecular weight is 579 g/mol. The highest BCUT2D eigenvalue weighted by atomic mass is 32.2. The summed E-state index contributed by atoms with van der Waals surface area (Å²) in [6.45, 7) is 3.31. The molecular weight excluding hydrogens is 544 g/mol. The number of benzene rings is 4. The second-order valence-corrected chi connectivity index (χ2v) is 11.7. The van der Waals surface area contributed by atoms with Gasteiger partial charge in [-0.2, -0.15) is 0 Å². The van der Waals surface area contributed by atoms with Crippen molar-refractivity contribution < 1.29 is 19.1 Å². The minimum atomic E-state index is -0.374. The van der Waals surface area contributed by atoms with Crippen LogP contribution >= 0.6 is 11.8 Å². The van der Waals surface area contributed by atoms with E-state index >= 15 is 0 Å². The summed E-state index contributed by atoms with van der Waals surface area (Å²) in [7, 11) is 1.84. The lowest BCUT2D eigenvalue weighted by Gasteiger charge is -2.18. The minimum absolute atomic E-state index is 0.0576. The summed E-state index contributed by atoms with van der Waals surface area (Å²) < 4.78 is 5.67. The fourth-order valence-electron chi connectivity index (χ4n) is 4.87. The molecule has 1 heterocycles. The molecule has 0 bridgehead atoms. The lowest BCUT2D eigenvalue weighted by atomic mass is 10.00. The summed E-state index contributed by atoms with van der Waals surface area (Å²) in [5, 5.41) is 1.68.